The molecule has 0 unspecified atom stereocenters. The maximum atomic E-state index is 6.31. The summed E-state index contributed by atoms with van der Waals surface area (Å²) < 4.78 is 0. The Balaban J connectivity index is 1.78. The van der Waals surface area contributed by atoms with Gasteiger partial charge in [-0.2, -0.15) is 0 Å². The van der Waals surface area contributed by atoms with Gasteiger partial charge in [-0.05, 0) is 36.8 Å². The van der Waals surface area contributed by atoms with Gasteiger partial charge in [-0.15, -0.1) is 11.3 Å². The second-order valence-electron chi connectivity index (χ2n) is 5.98. The summed E-state index contributed by atoms with van der Waals surface area (Å²) in [5.41, 5.74) is 1.90. The summed E-state index contributed by atoms with van der Waals surface area (Å²) in [6.07, 6.45) is 0.672. The fourth-order valence-corrected chi connectivity index (χ4v) is 3.99. The molecule has 0 aliphatic carbocycles. The normalized spacial score (nSPS) is 11.0. The highest BCUT2D eigenvalue weighted by molar-refractivity contribution is 7.18. The summed E-state index contributed by atoms with van der Waals surface area (Å²) >= 11 is 14.1. The van der Waals surface area contributed by atoms with Crippen LogP contribution in [0.1, 0.15) is 16.3 Å². The number of benzene rings is 2. The standard InChI is InChI=1S/C20H15Cl2N3S/c1-12-9-15-19(23-17-11-14(21)7-8-16(17)22)24-18(25-20(15)26-12)10-13-5-3-2-4-6-13/h2-9,11H,10H2,1H3,(H,23,24,25). The van der Waals surface area contributed by atoms with E-state index in [0.717, 1.165) is 27.5 Å². The first kappa shape index (κ1) is 17.3. The van der Waals surface area contributed by atoms with E-state index in [0.29, 0.717) is 16.5 Å². The average molecular weight is 400 g/mol. The lowest BCUT2D eigenvalue weighted by Crippen LogP contribution is -2.02. The van der Waals surface area contributed by atoms with E-state index in [-0.39, 0.29) is 0 Å². The highest BCUT2D eigenvalue weighted by atomic mass is 35.5. The van der Waals surface area contributed by atoms with Crippen molar-refractivity contribution in [2.24, 2.45) is 0 Å². The van der Waals surface area contributed by atoms with Crippen LogP contribution in [0.25, 0.3) is 10.2 Å². The predicted octanol–water partition coefficient (Wildman–Crippen LogP) is 6.64. The van der Waals surface area contributed by atoms with E-state index in [4.69, 9.17) is 33.2 Å². The van der Waals surface area contributed by atoms with Crippen LogP contribution in [0.5, 0.6) is 0 Å². The Morgan fingerprint density at radius 1 is 1.00 bits per heavy atom. The van der Waals surface area contributed by atoms with Crippen molar-refractivity contribution in [2.75, 3.05) is 5.32 Å². The quantitative estimate of drug-likeness (QED) is 0.417. The van der Waals surface area contributed by atoms with E-state index in [9.17, 15) is 0 Å². The van der Waals surface area contributed by atoms with Gasteiger partial charge in [0.05, 0.1) is 16.1 Å². The lowest BCUT2D eigenvalue weighted by molar-refractivity contribution is 1.000. The molecule has 2 heterocycles. The Bertz CT molecular complexity index is 1080. The summed E-state index contributed by atoms with van der Waals surface area (Å²) in [5, 5.41) is 5.53. The van der Waals surface area contributed by atoms with Crippen LogP contribution < -0.4 is 5.32 Å². The molecule has 3 nitrogen and oxygen atoms in total. The molecule has 4 aromatic rings. The van der Waals surface area contributed by atoms with Gasteiger partial charge >= 0.3 is 0 Å². The van der Waals surface area contributed by atoms with E-state index < -0.39 is 0 Å². The third-order valence-electron chi connectivity index (χ3n) is 3.95. The Kier molecular flexibility index (Phi) is 4.81. The van der Waals surface area contributed by atoms with E-state index in [2.05, 4.69) is 30.4 Å². The smallest absolute Gasteiger partial charge is 0.142 e. The maximum absolute atomic E-state index is 6.31. The monoisotopic (exact) mass is 399 g/mol. The minimum Gasteiger partial charge on any atom is -0.338 e. The summed E-state index contributed by atoms with van der Waals surface area (Å²) in [6.45, 7) is 2.07. The van der Waals surface area contributed by atoms with Gasteiger partial charge in [0, 0.05) is 16.3 Å². The second-order valence-corrected chi connectivity index (χ2v) is 8.05. The van der Waals surface area contributed by atoms with E-state index in [1.807, 2.05) is 18.2 Å². The highest BCUT2D eigenvalue weighted by Crippen LogP contribution is 2.33. The number of nitrogens with one attached hydrogen (secondary N) is 1. The van der Waals surface area contributed by atoms with Gasteiger partial charge in [-0.1, -0.05) is 53.5 Å². The zero-order valence-electron chi connectivity index (χ0n) is 14.0. The predicted molar refractivity (Wildman–Crippen MR) is 111 cm³/mol. The van der Waals surface area contributed by atoms with Crippen LogP contribution >= 0.6 is 34.5 Å². The highest BCUT2D eigenvalue weighted by Gasteiger charge is 2.13. The molecule has 1 N–H and O–H groups in total. The number of hydrogen-bond donors (Lipinski definition) is 1. The molecule has 0 fully saturated rings. The molecule has 0 radical (unpaired) electrons. The third kappa shape index (κ3) is 3.68. The zero-order chi connectivity index (χ0) is 18.1. The fourth-order valence-electron chi connectivity index (χ4n) is 2.76. The Hall–Kier alpha value is -2.14. The van der Waals surface area contributed by atoms with Crippen LogP contribution in [0.15, 0.2) is 54.6 Å². The molecule has 0 atom stereocenters. The molecule has 0 amide bonds. The maximum Gasteiger partial charge on any atom is 0.142 e. The van der Waals surface area contributed by atoms with Gasteiger partial charge in [0.2, 0.25) is 0 Å². The third-order valence-corrected chi connectivity index (χ3v) is 5.46. The molecule has 2 aromatic carbocycles. The van der Waals surface area contributed by atoms with Crippen molar-refractivity contribution in [1.82, 2.24) is 9.97 Å². The second kappa shape index (κ2) is 7.23. The minimum atomic E-state index is 0.595. The minimum absolute atomic E-state index is 0.595. The van der Waals surface area contributed by atoms with Crippen molar-refractivity contribution in [3.63, 3.8) is 0 Å². The number of aromatic nitrogens is 2. The van der Waals surface area contributed by atoms with Crippen molar-refractivity contribution in [3.8, 4) is 0 Å². The molecule has 26 heavy (non-hydrogen) atoms. The number of rotatable bonds is 4. The SMILES string of the molecule is Cc1cc2c(Nc3cc(Cl)ccc3Cl)nc(Cc3ccccc3)nc2s1. The van der Waals surface area contributed by atoms with Gasteiger partial charge in [-0.25, -0.2) is 9.97 Å². The molecule has 0 saturated heterocycles. The molecule has 0 aliphatic heterocycles. The van der Waals surface area contributed by atoms with Crippen LogP contribution in [-0.4, -0.2) is 9.97 Å². The van der Waals surface area contributed by atoms with Crippen molar-refractivity contribution in [2.45, 2.75) is 13.3 Å². The van der Waals surface area contributed by atoms with Crippen molar-refractivity contribution >= 4 is 56.3 Å². The summed E-state index contributed by atoms with van der Waals surface area (Å²) in [6, 6.07) is 17.6. The van der Waals surface area contributed by atoms with Crippen molar-refractivity contribution in [1.29, 1.82) is 0 Å². The molecular formula is C20H15Cl2N3S. The Morgan fingerprint density at radius 2 is 1.81 bits per heavy atom. The average Bonchev–Trinajstić information content (AvgIpc) is 2.99. The summed E-state index contributed by atoms with van der Waals surface area (Å²) in [4.78, 5) is 11.6. The molecule has 0 spiro atoms. The van der Waals surface area contributed by atoms with Crippen molar-refractivity contribution < 1.29 is 0 Å². The van der Waals surface area contributed by atoms with Crippen LogP contribution in [0.3, 0.4) is 0 Å². The van der Waals surface area contributed by atoms with Gasteiger partial charge < -0.3 is 5.32 Å². The van der Waals surface area contributed by atoms with E-state index in [1.165, 1.54) is 10.4 Å². The first-order valence-corrected chi connectivity index (χ1v) is 9.69. The molecule has 0 aliphatic rings. The first-order chi connectivity index (χ1) is 12.6. The van der Waals surface area contributed by atoms with Gasteiger partial charge in [0.15, 0.2) is 0 Å². The van der Waals surface area contributed by atoms with Crippen LogP contribution in [0, 0.1) is 6.92 Å². The summed E-state index contributed by atoms with van der Waals surface area (Å²) in [5.74, 6) is 1.51. The van der Waals surface area contributed by atoms with Crippen LogP contribution in [-0.2, 0) is 6.42 Å². The molecule has 0 bridgehead atoms. The van der Waals surface area contributed by atoms with E-state index in [1.54, 1.807) is 29.5 Å². The first-order valence-electron chi connectivity index (χ1n) is 8.11. The van der Waals surface area contributed by atoms with Gasteiger partial charge in [0.1, 0.15) is 16.5 Å². The van der Waals surface area contributed by atoms with E-state index >= 15 is 0 Å². The Morgan fingerprint density at radius 3 is 2.62 bits per heavy atom. The number of halogens is 2. The lowest BCUT2D eigenvalue weighted by Gasteiger charge is -2.11. The van der Waals surface area contributed by atoms with Crippen LogP contribution in [0.2, 0.25) is 10.0 Å². The molecule has 2 aromatic heterocycles. The van der Waals surface area contributed by atoms with Crippen LogP contribution in [0.4, 0.5) is 11.5 Å². The number of nitrogens with zero attached hydrogens (tertiary/aromatic N) is 2. The fraction of sp³-hybridized carbons (Fsp3) is 0.100. The number of anilines is 2. The number of thiophene rings is 1. The number of aryl methyl sites for hydroxylation is 1. The molecule has 130 valence electrons. The summed E-state index contributed by atoms with van der Waals surface area (Å²) in [7, 11) is 0. The molecule has 4 rings (SSSR count). The zero-order valence-corrected chi connectivity index (χ0v) is 16.3. The number of fused-ring (bicyclic) bond motifs is 1. The molecular weight excluding hydrogens is 385 g/mol. The Labute approximate surface area is 165 Å². The topological polar surface area (TPSA) is 37.8 Å². The molecule has 6 heteroatoms. The van der Waals surface area contributed by atoms with Gasteiger partial charge in [0.25, 0.3) is 0 Å². The van der Waals surface area contributed by atoms with Gasteiger partial charge in [-0.3, -0.25) is 0 Å². The lowest BCUT2D eigenvalue weighted by atomic mass is 10.1. The molecule has 0 saturated carbocycles. The number of hydrogen-bond acceptors (Lipinski definition) is 4. The van der Waals surface area contributed by atoms with Crippen molar-refractivity contribution in [3.05, 3.63) is 80.9 Å². The largest absolute Gasteiger partial charge is 0.338 e.